The minimum Gasteiger partial charge on any atom is -0.323 e. The molecule has 0 aromatic rings. The number of carbonyl (C=O) groups is 2. The Bertz CT molecular complexity index is 314. The molecule has 1 saturated carbocycles. The molecule has 2 fully saturated rings. The van der Waals surface area contributed by atoms with Gasteiger partial charge in [0.25, 0.3) is 5.91 Å². The first-order valence-corrected chi connectivity index (χ1v) is 5.41. The van der Waals surface area contributed by atoms with Crippen LogP contribution in [-0.4, -0.2) is 17.5 Å². The Morgan fingerprint density at radius 2 is 2.33 bits per heavy atom. The quantitative estimate of drug-likeness (QED) is 0.531. The summed E-state index contributed by atoms with van der Waals surface area (Å²) in [4.78, 5) is 22.8. The van der Waals surface area contributed by atoms with E-state index in [1.54, 1.807) is 0 Å². The smallest absolute Gasteiger partial charge is 0.322 e. The van der Waals surface area contributed by atoms with Gasteiger partial charge in [-0.2, -0.15) is 0 Å². The Labute approximate surface area is 89.1 Å². The lowest BCUT2D eigenvalue weighted by Gasteiger charge is -2.35. The molecule has 1 spiro atoms. The number of hydrogen-bond donors (Lipinski definition) is 2. The van der Waals surface area contributed by atoms with Gasteiger partial charge < -0.3 is 5.32 Å². The number of allylic oxidation sites excluding steroid dienone is 1. The minimum absolute atomic E-state index is 0.152. The van der Waals surface area contributed by atoms with Gasteiger partial charge in [0.2, 0.25) is 0 Å². The normalized spacial score (nSPS) is 35.1. The fraction of sp³-hybridized carbons (Fsp3) is 0.636. The summed E-state index contributed by atoms with van der Waals surface area (Å²) in [6, 6.07) is -0.348. The molecule has 2 aliphatic rings. The van der Waals surface area contributed by atoms with E-state index in [1.165, 1.54) is 0 Å². The Morgan fingerprint density at radius 1 is 1.53 bits per heavy atom. The van der Waals surface area contributed by atoms with Crippen molar-refractivity contribution in [2.45, 2.75) is 37.6 Å². The van der Waals surface area contributed by atoms with Crippen LogP contribution in [0.5, 0.6) is 0 Å². The zero-order valence-corrected chi connectivity index (χ0v) is 8.71. The molecule has 82 valence electrons. The maximum Gasteiger partial charge on any atom is 0.322 e. The summed E-state index contributed by atoms with van der Waals surface area (Å²) in [7, 11) is 0. The highest BCUT2D eigenvalue weighted by Gasteiger charge is 2.48. The summed E-state index contributed by atoms with van der Waals surface area (Å²) in [5.41, 5.74) is -0.622. The van der Waals surface area contributed by atoms with Crippen molar-refractivity contribution in [3.05, 3.63) is 12.7 Å². The average molecular weight is 208 g/mol. The van der Waals surface area contributed by atoms with Gasteiger partial charge in [0.05, 0.1) is 0 Å². The molecular formula is C11H16N2O2. The van der Waals surface area contributed by atoms with Gasteiger partial charge in [-0.25, -0.2) is 4.79 Å². The third-order valence-corrected chi connectivity index (χ3v) is 3.37. The molecule has 2 rings (SSSR count). The fourth-order valence-corrected chi connectivity index (χ4v) is 2.67. The van der Waals surface area contributed by atoms with E-state index in [1.807, 2.05) is 6.08 Å². The van der Waals surface area contributed by atoms with Gasteiger partial charge in [0.1, 0.15) is 5.54 Å². The van der Waals surface area contributed by atoms with Crippen LogP contribution in [0.3, 0.4) is 0 Å². The first-order valence-electron chi connectivity index (χ1n) is 5.41. The van der Waals surface area contributed by atoms with Crippen LogP contribution in [0.2, 0.25) is 0 Å². The van der Waals surface area contributed by atoms with Gasteiger partial charge in [-0.1, -0.05) is 12.5 Å². The van der Waals surface area contributed by atoms with E-state index in [9.17, 15) is 9.59 Å². The maximum atomic E-state index is 11.7. The highest BCUT2D eigenvalue weighted by Crippen LogP contribution is 2.36. The predicted molar refractivity (Wildman–Crippen MR) is 56.2 cm³/mol. The van der Waals surface area contributed by atoms with E-state index in [0.717, 1.165) is 32.1 Å². The first kappa shape index (κ1) is 10.2. The van der Waals surface area contributed by atoms with E-state index < -0.39 is 5.54 Å². The third kappa shape index (κ3) is 1.76. The van der Waals surface area contributed by atoms with Gasteiger partial charge in [0, 0.05) is 0 Å². The molecule has 4 nitrogen and oxygen atoms in total. The standard InChI is InChI=1S/C11H16N2O2/c1-2-4-8-5-3-6-11(7-8)9(14)12-10(15)13-11/h2,8H,1,3-7H2,(H2,12,13,14,15). The molecule has 3 amide bonds. The second-order valence-electron chi connectivity index (χ2n) is 4.48. The second-order valence-corrected chi connectivity index (χ2v) is 4.48. The molecule has 1 aliphatic carbocycles. The predicted octanol–water partition coefficient (Wildman–Crippen LogP) is 1.33. The van der Waals surface area contributed by atoms with Crippen LogP contribution in [0.25, 0.3) is 0 Å². The second kappa shape index (κ2) is 3.68. The maximum absolute atomic E-state index is 11.7. The van der Waals surface area contributed by atoms with Crippen LogP contribution in [0.4, 0.5) is 4.79 Å². The molecule has 15 heavy (non-hydrogen) atoms. The van der Waals surface area contributed by atoms with Gasteiger partial charge in [-0.3, -0.25) is 10.1 Å². The van der Waals surface area contributed by atoms with Crippen molar-refractivity contribution >= 4 is 11.9 Å². The molecule has 1 aliphatic heterocycles. The average Bonchev–Trinajstić information content (AvgIpc) is 2.42. The largest absolute Gasteiger partial charge is 0.323 e. The molecule has 2 unspecified atom stereocenters. The van der Waals surface area contributed by atoms with Gasteiger partial charge in [-0.05, 0) is 31.6 Å². The van der Waals surface area contributed by atoms with E-state index in [4.69, 9.17) is 0 Å². The van der Waals surface area contributed by atoms with E-state index >= 15 is 0 Å². The van der Waals surface area contributed by atoms with Crippen LogP contribution in [0.1, 0.15) is 32.1 Å². The van der Waals surface area contributed by atoms with Crippen molar-refractivity contribution in [2.75, 3.05) is 0 Å². The van der Waals surface area contributed by atoms with E-state index in [-0.39, 0.29) is 11.9 Å². The first-order chi connectivity index (χ1) is 7.16. The fourth-order valence-electron chi connectivity index (χ4n) is 2.67. The SMILES string of the molecule is C=CCC1CCCC2(C1)NC(=O)NC2=O. The number of imide groups is 1. The number of amides is 3. The summed E-state index contributed by atoms with van der Waals surface area (Å²) in [5.74, 6) is 0.321. The Morgan fingerprint density at radius 3 is 2.93 bits per heavy atom. The molecule has 0 radical (unpaired) electrons. The zero-order chi connectivity index (χ0) is 10.9. The van der Waals surface area contributed by atoms with E-state index in [2.05, 4.69) is 17.2 Å². The number of nitrogens with one attached hydrogen (secondary N) is 2. The van der Waals surface area contributed by atoms with Gasteiger partial charge >= 0.3 is 6.03 Å². The van der Waals surface area contributed by atoms with Crippen molar-refractivity contribution in [3.8, 4) is 0 Å². The molecule has 4 heteroatoms. The molecule has 1 heterocycles. The molecule has 0 bridgehead atoms. The summed E-state index contributed by atoms with van der Waals surface area (Å²) in [6.45, 7) is 3.72. The molecule has 0 aromatic carbocycles. The Balaban J connectivity index is 2.11. The van der Waals surface area contributed by atoms with Crippen molar-refractivity contribution in [1.82, 2.24) is 10.6 Å². The van der Waals surface area contributed by atoms with Crippen molar-refractivity contribution < 1.29 is 9.59 Å². The van der Waals surface area contributed by atoms with Crippen LogP contribution >= 0.6 is 0 Å². The lowest BCUT2D eigenvalue weighted by atomic mass is 9.74. The molecule has 2 atom stereocenters. The number of carbonyl (C=O) groups excluding carboxylic acids is 2. The zero-order valence-electron chi connectivity index (χ0n) is 8.71. The molecule has 0 aromatic heterocycles. The summed E-state index contributed by atoms with van der Waals surface area (Å²) in [6.07, 6.45) is 6.43. The molecular weight excluding hydrogens is 192 g/mol. The van der Waals surface area contributed by atoms with Crippen LogP contribution in [-0.2, 0) is 4.79 Å². The third-order valence-electron chi connectivity index (χ3n) is 3.37. The van der Waals surface area contributed by atoms with Gasteiger partial charge in [0.15, 0.2) is 0 Å². The van der Waals surface area contributed by atoms with Crippen LogP contribution in [0, 0.1) is 5.92 Å². The summed E-state index contributed by atoms with van der Waals surface area (Å²) >= 11 is 0. The van der Waals surface area contributed by atoms with Crippen LogP contribution < -0.4 is 10.6 Å². The monoisotopic (exact) mass is 208 g/mol. The highest BCUT2D eigenvalue weighted by atomic mass is 16.2. The number of rotatable bonds is 2. The Kier molecular flexibility index (Phi) is 2.50. The van der Waals surface area contributed by atoms with Crippen molar-refractivity contribution in [3.63, 3.8) is 0 Å². The highest BCUT2D eigenvalue weighted by molar-refractivity contribution is 6.07. The molecule has 1 saturated heterocycles. The van der Waals surface area contributed by atoms with E-state index in [0.29, 0.717) is 5.92 Å². The molecule has 2 N–H and O–H groups in total. The van der Waals surface area contributed by atoms with Crippen molar-refractivity contribution in [1.29, 1.82) is 0 Å². The summed E-state index contributed by atoms with van der Waals surface area (Å²) in [5, 5.41) is 5.10. The Hall–Kier alpha value is -1.32. The van der Waals surface area contributed by atoms with Crippen LogP contribution in [0.15, 0.2) is 12.7 Å². The lowest BCUT2D eigenvalue weighted by Crippen LogP contribution is -2.50. The number of hydrogen-bond acceptors (Lipinski definition) is 2. The number of urea groups is 1. The minimum atomic E-state index is -0.622. The lowest BCUT2D eigenvalue weighted by molar-refractivity contribution is -0.125. The topological polar surface area (TPSA) is 58.2 Å². The summed E-state index contributed by atoms with van der Waals surface area (Å²) < 4.78 is 0. The van der Waals surface area contributed by atoms with Gasteiger partial charge in [-0.15, -0.1) is 6.58 Å². The van der Waals surface area contributed by atoms with Crippen molar-refractivity contribution in [2.24, 2.45) is 5.92 Å².